The lowest BCUT2D eigenvalue weighted by molar-refractivity contribution is -0.0272. The third kappa shape index (κ3) is 3.36. The predicted octanol–water partition coefficient (Wildman–Crippen LogP) is 4.52. The standard InChI is InChI=1S/C23H20F2N6/c1-14-28-20-7-15(3-6-21(20)30(14)2)22-19(5-4-18(10-26)29-22)16-11-27-31(12-16)13-23(25)8-17(24)9-23/h3-7,11-12,17H,8-9,13H2,1-2H3/t17-,23-. The lowest BCUT2D eigenvalue weighted by Crippen LogP contribution is -2.44. The highest BCUT2D eigenvalue weighted by Gasteiger charge is 2.45. The van der Waals surface area contributed by atoms with Crippen molar-refractivity contribution in [3.63, 3.8) is 0 Å². The van der Waals surface area contributed by atoms with Crippen LogP contribution in [-0.4, -0.2) is 36.2 Å². The summed E-state index contributed by atoms with van der Waals surface area (Å²) in [4.78, 5) is 9.13. The molecule has 0 saturated heterocycles. The Hall–Kier alpha value is -3.60. The van der Waals surface area contributed by atoms with Crippen molar-refractivity contribution in [2.45, 2.75) is 38.2 Å². The molecule has 8 heteroatoms. The molecule has 6 nitrogen and oxygen atoms in total. The molecule has 1 aliphatic carbocycles. The maximum atomic E-state index is 14.5. The van der Waals surface area contributed by atoms with Gasteiger partial charge < -0.3 is 4.57 Å². The normalized spacial score (nSPS) is 20.5. The summed E-state index contributed by atoms with van der Waals surface area (Å²) in [6.45, 7) is 1.96. The molecule has 1 aromatic carbocycles. The van der Waals surface area contributed by atoms with Crippen molar-refractivity contribution < 1.29 is 8.78 Å². The van der Waals surface area contributed by atoms with E-state index in [0.717, 1.165) is 33.5 Å². The molecule has 0 unspecified atom stereocenters. The molecule has 3 aromatic heterocycles. The lowest BCUT2D eigenvalue weighted by atomic mass is 9.80. The van der Waals surface area contributed by atoms with Gasteiger partial charge in [-0.1, -0.05) is 6.07 Å². The van der Waals surface area contributed by atoms with Crippen LogP contribution in [-0.2, 0) is 13.6 Å². The number of alkyl halides is 2. The highest BCUT2D eigenvalue weighted by atomic mass is 19.2. The summed E-state index contributed by atoms with van der Waals surface area (Å²) in [5.41, 5.74) is 3.59. The van der Waals surface area contributed by atoms with Gasteiger partial charge in [-0.25, -0.2) is 18.7 Å². The van der Waals surface area contributed by atoms with Crippen LogP contribution in [0.5, 0.6) is 0 Å². The molecule has 0 atom stereocenters. The van der Waals surface area contributed by atoms with Crippen molar-refractivity contribution in [3.05, 3.63) is 54.2 Å². The van der Waals surface area contributed by atoms with Crippen molar-refractivity contribution in [2.75, 3.05) is 0 Å². The second kappa shape index (κ2) is 6.98. The molecule has 0 N–H and O–H groups in total. The number of hydrogen-bond donors (Lipinski definition) is 0. The van der Waals surface area contributed by atoms with E-state index < -0.39 is 11.8 Å². The summed E-state index contributed by atoms with van der Waals surface area (Å²) < 4.78 is 31.2. The van der Waals surface area contributed by atoms with Gasteiger partial charge in [0, 0.05) is 42.8 Å². The van der Waals surface area contributed by atoms with Crippen LogP contribution in [0.4, 0.5) is 8.78 Å². The molecule has 0 spiro atoms. The summed E-state index contributed by atoms with van der Waals surface area (Å²) >= 11 is 0. The molecule has 3 heterocycles. The van der Waals surface area contributed by atoms with Gasteiger partial charge in [0.25, 0.3) is 0 Å². The number of rotatable bonds is 4. The summed E-state index contributed by atoms with van der Waals surface area (Å²) in [5, 5.41) is 13.6. The highest BCUT2D eigenvalue weighted by molar-refractivity contribution is 5.87. The van der Waals surface area contributed by atoms with E-state index in [9.17, 15) is 14.0 Å². The van der Waals surface area contributed by atoms with Gasteiger partial charge in [0.2, 0.25) is 0 Å². The van der Waals surface area contributed by atoms with Crippen molar-refractivity contribution in [2.24, 2.45) is 7.05 Å². The first kappa shape index (κ1) is 19.4. The van der Waals surface area contributed by atoms with Crippen molar-refractivity contribution in [3.8, 4) is 28.5 Å². The SMILES string of the molecule is Cc1nc2cc(-c3nc(C#N)ccc3-c3cnn(C[C@]4(F)C[C@H](F)C4)c3)ccc2n1C. The van der Waals surface area contributed by atoms with Gasteiger partial charge in [0.05, 0.1) is 29.5 Å². The molecule has 0 aliphatic heterocycles. The first-order valence-corrected chi connectivity index (χ1v) is 10.1. The van der Waals surface area contributed by atoms with Gasteiger partial charge in [-0.15, -0.1) is 0 Å². The van der Waals surface area contributed by atoms with E-state index in [1.165, 1.54) is 4.68 Å². The number of fused-ring (bicyclic) bond motifs is 1. The van der Waals surface area contributed by atoms with E-state index in [0.29, 0.717) is 11.4 Å². The number of pyridine rings is 1. The molecule has 31 heavy (non-hydrogen) atoms. The van der Waals surface area contributed by atoms with E-state index in [2.05, 4.69) is 21.1 Å². The fourth-order valence-electron chi connectivity index (χ4n) is 4.18. The maximum absolute atomic E-state index is 14.5. The Bertz CT molecular complexity index is 1340. The Labute approximate surface area is 177 Å². The van der Waals surface area contributed by atoms with Crippen LogP contribution in [0.2, 0.25) is 0 Å². The molecule has 4 aromatic rings. The van der Waals surface area contributed by atoms with Gasteiger partial charge in [-0.2, -0.15) is 10.4 Å². The Kier molecular flexibility index (Phi) is 4.36. The zero-order valence-corrected chi connectivity index (χ0v) is 17.2. The minimum absolute atomic E-state index is 0.0195. The number of aromatic nitrogens is 5. The van der Waals surface area contributed by atoms with Crippen LogP contribution in [0, 0.1) is 18.3 Å². The van der Waals surface area contributed by atoms with Crippen molar-refractivity contribution >= 4 is 11.0 Å². The first-order valence-electron chi connectivity index (χ1n) is 10.1. The van der Waals surface area contributed by atoms with Crippen LogP contribution in [0.25, 0.3) is 33.4 Å². The number of halogens is 2. The molecule has 0 amide bonds. The second-order valence-electron chi connectivity index (χ2n) is 8.21. The minimum Gasteiger partial charge on any atom is -0.331 e. The number of benzene rings is 1. The molecule has 1 saturated carbocycles. The first-order chi connectivity index (χ1) is 14.8. The van der Waals surface area contributed by atoms with Crippen LogP contribution in [0.1, 0.15) is 24.4 Å². The molecule has 1 aliphatic rings. The average Bonchev–Trinajstić information content (AvgIpc) is 3.30. The van der Waals surface area contributed by atoms with Crippen LogP contribution < -0.4 is 0 Å². The largest absolute Gasteiger partial charge is 0.331 e. The van der Waals surface area contributed by atoms with Crippen molar-refractivity contribution in [1.29, 1.82) is 5.26 Å². The van der Waals surface area contributed by atoms with Gasteiger partial charge in [-0.3, -0.25) is 4.68 Å². The Balaban J connectivity index is 1.56. The van der Waals surface area contributed by atoms with Gasteiger partial charge in [0.1, 0.15) is 29.4 Å². The van der Waals surface area contributed by atoms with Gasteiger partial charge in [0.15, 0.2) is 0 Å². The molecule has 156 valence electrons. The molecular weight excluding hydrogens is 398 g/mol. The summed E-state index contributed by atoms with van der Waals surface area (Å²) in [6, 6.07) is 11.4. The minimum atomic E-state index is -1.55. The third-order valence-corrected chi connectivity index (χ3v) is 5.95. The fraction of sp³-hybridized carbons (Fsp3) is 0.304. The zero-order chi connectivity index (χ0) is 21.8. The van der Waals surface area contributed by atoms with E-state index >= 15 is 0 Å². The molecule has 5 rings (SSSR count). The van der Waals surface area contributed by atoms with Gasteiger partial charge in [-0.05, 0) is 31.2 Å². The van der Waals surface area contributed by atoms with E-state index in [1.807, 2.05) is 42.8 Å². The third-order valence-electron chi connectivity index (χ3n) is 5.95. The Morgan fingerprint density at radius 3 is 2.74 bits per heavy atom. The number of nitriles is 1. The second-order valence-corrected chi connectivity index (χ2v) is 8.21. The van der Waals surface area contributed by atoms with E-state index in [4.69, 9.17) is 0 Å². The average molecular weight is 418 g/mol. The maximum Gasteiger partial charge on any atom is 0.141 e. The number of aryl methyl sites for hydroxylation is 2. The topological polar surface area (TPSA) is 72.3 Å². The monoisotopic (exact) mass is 418 g/mol. The summed E-state index contributed by atoms with van der Waals surface area (Å²) in [6.07, 6.45) is 2.14. The summed E-state index contributed by atoms with van der Waals surface area (Å²) in [7, 11) is 1.96. The Morgan fingerprint density at radius 2 is 2.00 bits per heavy atom. The van der Waals surface area contributed by atoms with E-state index in [-0.39, 0.29) is 19.4 Å². The molecule has 0 radical (unpaired) electrons. The zero-order valence-electron chi connectivity index (χ0n) is 17.2. The van der Waals surface area contributed by atoms with Crippen molar-refractivity contribution in [1.82, 2.24) is 24.3 Å². The number of nitrogens with zero attached hydrogens (tertiary/aromatic N) is 6. The fourth-order valence-corrected chi connectivity index (χ4v) is 4.18. The molecular formula is C23H20F2N6. The van der Waals surface area contributed by atoms with Crippen LogP contribution >= 0.6 is 0 Å². The predicted molar refractivity (Wildman–Crippen MR) is 113 cm³/mol. The number of imidazole rings is 1. The quantitative estimate of drug-likeness (QED) is 0.489. The van der Waals surface area contributed by atoms with E-state index in [1.54, 1.807) is 18.5 Å². The summed E-state index contributed by atoms with van der Waals surface area (Å²) in [5.74, 6) is 0.902. The lowest BCUT2D eigenvalue weighted by Gasteiger charge is -2.36. The molecule has 0 bridgehead atoms. The highest BCUT2D eigenvalue weighted by Crippen LogP contribution is 2.40. The van der Waals surface area contributed by atoms with Crippen LogP contribution in [0.3, 0.4) is 0 Å². The van der Waals surface area contributed by atoms with Gasteiger partial charge >= 0.3 is 0 Å². The Morgan fingerprint density at radius 1 is 1.19 bits per heavy atom. The smallest absolute Gasteiger partial charge is 0.141 e. The number of hydrogen-bond acceptors (Lipinski definition) is 4. The van der Waals surface area contributed by atoms with Crippen LogP contribution in [0.15, 0.2) is 42.7 Å². The molecule has 1 fully saturated rings.